The van der Waals surface area contributed by atoms with E-state index < -0.39 is 0 Å². The van der Waals surface area contributed by atoms with Crippen LogP contribution in [0.1, 0.15) is 5.56 Å². The van der Waals surface area contributed by atoms with Crippen molar-refractivity contribution in [3.8, 4) is 23.0 Å². The molecule has 0 fully saturated rings. The Bertz CT molecular complexity index is 780. The molecule has 2 aromatic rings. The SMILES string of the molecule is COc1cc(/C=N/NC(=S)Nc2ccc(OC)c(OC)c2)ccc1O. The van der Waals surface area contributed by atoms with Crippen LogP contribution in [-0.2, 0) is 0 Å². The Morgan fingerprint density at radius 3 is 2.40 bits per heavy atom. The largest absolute Gasteiger partial charge is 0.504 e. The van der Waals surface area contributed by atoms with E-state index in [0.717, 1.165) is 11.3 Å². The highest BCUT2D eigenvalue weighted by Crippen LogP contribution is 2.29. The summed E-state index contributed by atoms with van der Waals surface area (Å²) in [6.45, 7) is 0. The van der Waals surface area contributed by atoms with Gasteiger partial charge in [-0.05, 0) is 48.1 Å². The standard InChI is InChI=1S/C17H19N3O4S/c1-22-14-7-5-12(9-16(14)24-3)19-17(25)20-18-10-11-4-6-13(21)15(8-11)23-2/h4-10,21H,1-3H3,(H2,19,20,25)/b18-10+. The highest BCUT2D eigenvalue weighted by Gasteiger charge is 2.05. The molecule has 0 aliphatic carbocycles. The third kappa shape index (κ3) is 4.98. The number of thiocarbonyl (C=S) groups is 1. The van der Waals surface area contributed by atoms with Crippen molar-refractivity contribution in [3.63, 3.8) is 0 Å². The van der Waals surface area contributed by atoms with Crippen LogP contribution in [0.4, 0.5) is 5.69 Å². The number of hydrogen-bond donors (Lipinski definition) is 3. The lowest BCUT2D eigenvalue weighted by atomic mass is 10.2. The van der Waals surface area contributed by atoms with Crippen molar-refractivity contribution >= 4 is 29.2 Å². The van der Waals surface area contributed by atoms with Crippen LogP contribution in [0.2, 0.25) is 0 Å². The molecule has 0 radical (unpaired) electrons. The van der Waals surface area contributed by atoms with Gasteiger partial charge in [0.05, 0.1) is 27.5 Å². The van der Waals surface area contributed by atoms with Crippen molar-refractivity contribution in [2.24, 2.45) is 5.10 Å². The number of phenols is 1. The number of aromatic hydroxyl groups is 1. The van der Waals surface area contributed by atoms with Gasteiger partial charge in [-0.3, -0.25) is 5.43 Å². The maximum atomic E-state index is 9.56. The number of methoxy groups -OCH3 is 3. The Labute approximate surface area is 151 Å². The molecule has 0 unspecified atom stereocenters. The number of rotatable bonds is 6. The number of hydrogen-bond acceptors (Lipinski definition) is 6. The fraction of sp³-hybridized carbons (Fsp3) is 0.176. The predicted molar refractivity (Wildman–Crippen MR) is 101 cm³/mol. The monoisotopic (exact) mass is 361 g/mol. The minimum atomic E-state index is 0.0678. The topological polar surface area (TPSA) is 84.3 Å². The number of benzene rings is 2. The zero-order valence-electron chi connectivity index (χ0n) is 14.1. The van der Waals surface area contributed by atoms with Gasteiger partial charge in [0, 0.05) is 11.8 Å². The lowest BCUT2D eigenvalue weighted by Crippen LogP contribution is -2.23. The van der Waals surface area contributed by atoms with Crippen molar-refractivity contribution in [1.29, 1.82) is 0 Å². The van der Waals surface area contributed by atoms with Gasteiger partial charge in [-0.15, -0.1) is 0 Å². The lowest BCUT2D eigenvalue weighted by molar-refractivity contribution is 0.355. The first-order valence-corrected chi connectivity index (χ1v) is 7.67. The van der Waals surface area contributed by atoms with Crippen LogP contribution >= 0.6 is 12.2 Å². The van der Waals surface area contributed by atoms with Gasteiger partial charge in [-0.2, -0.15) is 5.10 Å². The van der Waals surface area contributed by atoms with Crippen LogP contribution in [0.3, 0.4) is 0 Å². The summed E-state index contributed by atoms with van der Waals surface area (Å²) in [5.74, 6) is 1.66. The molecule has 2 rings (SSSR count). The molecule has 0 aliphatic rings. The summed E-state index contributed by atoms with van der Waals surface area (Å²) < 4.78 is 15.5. The van der Waals surface area contributed by atoms with Gasteiger partial charge >= 0.3 is 0 Å². The summed E-state index contributed by atoms with van der Waals surface area (Å²) in [5.41, 5.74) is 4.19. The number of ether oxygens (including phenoxy) is 3. The van der Waals surface area contributed by atoms with E-state index in [4.69, 9.17) is 26.4 Å². The minimum absolute atomic E-state index is 0.0678. The van der Waals surface area contributed by atoms with E-state index in [1.54, 1.807) is 44.7 Å². The molecule has 3 N–H and O–H groups in total. The van der Waals surface area contributed by atoms with Gasteiger partial charge in [0.15, 0.2) is 28.1 Å². The van der Waals surface area contributed by atoms with Crippen molar-refractivity contribution < 1.29 is 19.3 Å². The molecule has 25 heavy (non-hydrogen) atoms. The molecular formula is C17H19N3O4S. The summed E-state index contributed by atoms with van der Waals surface area (Å²) in [5, 5.41) is 16.9. The van der Waals surface area contributed by atoms with Gasteiger partial charge in [-0.1, -0.05) is 0 Å². The molecule has 0 saturated carbocycles. The number of nitrogens with one attached hydrogen (secondary N) is 2. The quantitative estimate of drug-likeness (QED) is 0.414. The Balaban J connectivity index is 1.96. The second-order valence-electron chi connectivity index (χ2n) is 4.83. The second-order valence-corrected chi connectivity index (χ2v) is 5.23. The number of phenolic OH excluding ortho intramolecular Hbond substituents is 1. The first-order valence-electron chi connectivity index (χ1n) is 7.26. The zero-order chi connectivity index (χ0) is 18.2. The van der Waals surface area contributed by atoms with Crippen LogP contribution in [-0.4, -0.2) is 37.8 Å². The third-order valence-electron chi connectivity index (χ3n) is 3.22. The average Bonchev–Trinajstić information content (AvgIpc) is 2.62. The Hall–Kier alpha value is -3.00. The smallest absolute Gasteiger partial charge is 0.191 e. The molecule has 0 aliphatic heterocycles. The summed E-state index contributed by atoms with van der Waals surface area (Å²) in [7, 11) is 4.62. The molecular weight excluding hydrogens is 342 g/mol. The summed E-state index contributed by atoms with van der Waals surface area (Å²) in [6.07, 6.45) is 1.56. The van der Waals surface area contributed by atoms with Crippen LogP contribution in [0.5, 0.6) is 23.0 Å². The van der Waals surface area contributed by atoms with E-state index in [-0.39, 0.29) is 5.75 Å². The summed E-state index contributed by atoms with van der Waals surface area (Å²) in [6, 6.07) is 10.2. The van der Waals surface area contributed by atoms with Crippen LogP contribution in [0, 0.1) is 0 Å². The van der Waals surface area contributed by atoms with E-state index in [9.17, 15) is 5.11 Å². The number of anilines is 1. The molecule has 7 nitrogen and oxygen atoms in total. The fourth-order valence-corrected chi connectivity index (χ4v) is 2.18. The molecule has 0 spiro atoms. The van der Waals surface area contributed by atoms with Gasteiger partial charge in [0.2, 0.25) is 0 Å². The Morgan fingerprint density at radius 2 is 1.72 bits per heavy atom. The number of hydrazone groups is 1. The Morgan fingerprint density at radius 1 is 1.00 bits per heavy atom. The molecule has 0 amide bonds. The van der Waals surface area contributed by atoms with Gasteiger partial charge in [-0.25, -0.2) is 0 Å². The molecule has 0 atom stereocenters. The number of nitrogens with zero attached hydrogens (tertiary/aromatic N) is 1. The zero-order valence-corrected chi connectivity index (χ0v) is 14.9. The highest BCUT2D eigenvalue weighted by molar-refractivity contribution is 7.80. The van der Waals surface area contributed by atoms with E-state index in [0.29, 0.717) is 22.4 Å². The first-order chi connectivity index (χ1) is 12.1. The van der Waals surface area contributed by atoms with E-state index in [1.165, 1.54) is 13.2 Å². The van der Waals surface area contributed by atoms with Crippen LogP contribution < -0.4 is 25.0 Å². The third-order valence-corrected chi connectivity index (χ3v) is 3.42. The van der Waals surface area contributed by atoms with E-state index >= 15 is 0 Å². The molecule has 0 heterocycles. The summed E-state index contributed by atoms with van der Waals surface area (Å²) in [4.78, 5) is 0. The molecule has 0 saturated heterocycles. The highest BCUT2D eigenvalue weighted by atomic mass is 32.1. The Kier molecular flexibility index (Phi) is 6.41. The normalized spacial score (nSPS) is 10.4. The van der Waals surface area contributed by atoms with Crippen molar-refractivity contribution in [1.82, 2.24) is 5.43 Å². The average molecular weight is 361 g/mol. The predicted octanol–water partition coefficient (Wildman–Crippen LogP) is 2.74. The molecule has 0 bridgehead atoms. The van der Waals surface area contributed by atoms with Crippen molar-refractivity contribution in [2.45, 2.75) is 0 Å². The first kappa shape index (κ1) is 18.3. The summed E-state index contributed by atoms with van der Waals surface area (Å²) >= 11 is 5.19. The van der Waals surface area contributed by atoms with Gasteiger partial charge in [0.25, 0.3) is 0 Å². The van der Waals surface area contributed by atoms with Gasteiger partial charge in [0.1, 0.15) is 0 Å². The van der Waals surface area contributed by atoms with Gasteiger partial charge < -0.3 is 24.6 Å². The van der Waals surface area contributed by atoms with Crippen LogP contribution in [0.15, 0.2) is 41.5 Å². The maximum Gasteiger partial charge on any atom is 0.191 e. The fourth-order valence-electron chi connectivity index (χ4n) is 2.01. The van der Waals surface area contributed by atoms with Crippen molar-refractivity contribution in [2.75, 3.05) is 26.6 Å². The second kappa shape index (κ2) is 8.74. The minimum Gasteiger partial charge on any atom is -0.504 e. The van der Waals surface area contributed by atoms with E-state index in [2.05, 4.69) is 15.8 Å². The molecule has 0 aromatic heterocycles. The van der Waals surface area contributed by atoms with E-state index in [1.807, 2.05) is 6.07 Å². The maximum absolute atomic E-state index is 9.56. The molecule has 8 heteroatoms. The molecule has 132 valence electrons. The van der Waals surface area contributed by atoms with Crippen LogP contribution in [0.25, 0.3) is 0 Å². The van der Waals surface area contributed by atoms with Crippen molar-refractivity contribution in [3.05, 3.63) is 42.0 Å². The lowest BCUT2D eigenvalue weighted by Gasteiger charge is -2.11. The molecule has 2 aromatic carbocycles.